The van der Waals surface area contributed by atoms with E-state index in [0.29, 0.717) is 12.2 Å². The van der Waals surface area contributed by atoms with Gasteiger partial charge in [-0.15, -0.1) is 0 Å². The minimum absolute atomic E-state index is 0.161. The molecule has 2 aromatic heterocycles. The Balaban J connectivity index is 2.14. The van der Waals surface area contributed by atoms with Gasteiger partial charge in [-0.3, -0.25) is 9.48 Å². The first kappa shape index (κ1) is 14.2. The topological polar surface area (TPSA) is 86.1 Å². The predicted molar refractivity (Wildman–Crippen MR) is 76.4 cm³/mol. The SMILES string of the molecule is CCn1cc(N)c(C(=O)NC(C)c2cc(C)oc2C)n1. The van der Waals surface area contributed by atoms with Crippen LogP contribution in [0.4, 0.5) is 5.69 Å². The van der Waals surface area contributed by atoms with E-state index in [9.17, 15) is 4.79 Å². The number of furan rings is 1. The fourth-order valence-corrected chi connectivity index (χ4v) is 2.20. The summed E-state index contributed by atoms with van der Waals surface area (Å²) in [5, 5.41) is 7.05. The van der Waals surface area contributed by atoms with Gasteiger partial charge in [0.2, 0.25) is 0 Å². The minimum Gasteiger partial charge on any atom is -0.466 e. The van der Waals surface area contributed by atoms with Crippen molar-refractivity contribution < 1.29 is 9.21 Å². The lowest BCUT2D eigenvalue weighted by Crippen LogP contribution is -2.28. The lowest BCUT2D eigenvalue weighted by molar-refractivity contribution is 0.0934. The Labute approximate surface area is 117 Å². The Morgan fingerprint density at radius 3 is 2.75 bits per heavy atom. The van der Waals surface area contributed by atoms with Crippen LogP contribution >= 0.6 is 0 Å². The molecule has 3 N–H and O–H groups in total. The summed E-state index contributed by atoms with van der Waals surface area (Å²) in [5.74, 6) is 1.36. The second kappa shape index (κ2) is 5.40. The molecule has 1 atom stereocenters. The normalized spacial score (nSPS) is 12.4. The third kappa shape index (κ3) is 2.68. The average Bonchev–Trinajstić information content (AvgIpc) is 2.91. The van der Waals surface area contributed by atoms with Crippen molar-refractivity contribution in [2.24, 2.45) is 0 Å². The molecule has 0 saturated heterocycles. The molecule has 6 heteroatoms. The molecule has 20 heavy (non-hydrogen) atoms. The molecule has 0 radical (unpaired) electrons. The third-order valence-electron chi connectivity index (χ3n) is 3.22. The molecule has 0 bridgehead atoms. The van der Waals surface area contributed by atoms with E-state index in [1.165, 1.54) is 0 Å². The molecular weight excluding hydrogens is 256 g/mol. The van der Waals surface area contributed by atoms with Crippen LogP contribution in [0.2, 0.25) is 0 Å². The van der Waals surface area contributed by atoms with Crippen molar-refractivity contribution in [2.75, 3.05) is 5.73 Å². The maximum atomic E-state index is 12.2. The van der Waals surface area contributed by atoms with Crippen LogP contribution in [0, 0.1) is 13.8 Å². The number of aryl methyl sites for hydroxylation is 3. The van der Waals surface area contributed by atoms with Gasteiger partial charge < -0.3 is 15.5 Å². The Morgan fingerprint density at radius 2 is 2.25 bits per heavy atom. The van der Waals surface area contributed by atoms with Gasteiger partial charge in [-0.25, -0.2) is 0 Å². The van der Waals surface area contributed by atoms with Gasteiger partial charge in [0.05, 0.1) is 11.7 Å². The number of nitrogen functional groups attached to an aromatic ring is 1. The van der Waals surface area contributed by atoms with E-state index in [0.717, 1.165) is 17.1 Å². The highest BCUT2D eigenvalue weighted by molar-refractivity contribution is 5.97. The van der Waals surface area contributed by atoms with Gasteiger partial charge in [0.15, 0.2) is 5.69 Å². The van der Waals surface area contributed by atoms with Crippen molar-refractivity contribution in [1.82, 2.24) is 15.1 Å². The number of hydrogen-bond acceptors (Lipinski definition) is 4. The molecule has 0 aliphatic heterocycles. The number of amides is 1. The van der Waals surface area contributed by atoms with Gasteiger partial charge in [-0.05, 0) is 33.8 Å². The number of nitrogens with zero attached hydrogens (tertiary/aromatic N) is 2. The van der Waals surface area contributed by atoms with E-state index in [4.69, 9.17) is 10.2 Å². The van der Waals surface area contributed by atoms with Crippen LogP contribution in [0.25, 0.3) is 0 Å². The fourth-order valence-electron chi connectivity index (χ4n) is 2.20. The summed E-state index contributed by atoms with van der Waals surface area (Å²) in [5.41, 5.74) is 7.41. The lowest BCUT2D eigenvalue weighted by atomic mass is 10.1. The molecule has 0 aliphatic rings. The van der Waals surface area contributed by atoms with E-state index >= 15 is 0 Å². The average molecular weight is 276 g/mol. The van der Waals surface area contributed by atoms with Crippen molar-refractivity contribution in [2.45, 2.75) is 40.3 Å². The monoisotopic (exact) mass is 276 g/mol. The van der Waals surface area contributed by atoms with E-state index in [1.807, 2.05) is 33.8 Å². The molecule has 1 unspecified atom stereocenters. The number of carbonyl (C=O) groups excluding carboxylic acids is 1. The maximum absolute atomic E-state index is 12.2. The van der Waals surface area contributed by atoms with Crippen LogP contribution in [-0.2, 0) is 6.54 Å². The molecule has 2 rings (SSSR count). The molecule has 1 amide bonds. The first-order chi connectivity index (χ1) is 9.42. The second-order valence-corrected chi connectivity index (χ2v) is 4.85. The van der Waals surface area contributed by atoms with E-state index in [1.54, 1.807) is 10.9 Å². The van der Waals surface area contributed by atoms with Crippen molar-refractivity contribution in [3.05, 3.63) is 35.0 Å². The molecule has 0 saturated carbocycles. The number of carbonyl (C=O) groups is 1. The van der Waals surface area contributed by atoms with E-state index in [2.05, 4.69) is 10.4 Å². The molecule has 0 aliphatic carbocycles. The van der Waals surface area contributed by atoms with Crippen LogP contribution in [0.15, 0.2) is 16.7 Å². The molecule has 2 heterocycles. The van der Waals surface area contributed by atoms with Crippen LogP contribution < -0.4 is 11.1 Å². The van der Waals surface area contributed by atoms with E-state index in [-0.39, 0.29) is 17.6 Å². The summed E-state index contributed by atoms with van der Waals surface area (Å²) in [6.45, 7) is 8.28. The molecule has 0 fully saturated rings. The highest BCUT2D eigenvalue weighted by atomic mass is 16.3. The zero-order chi connectivity index (χ0) is 14.9. The summed E-state index contributed by atoms with van der Waals surface area (Å²) < 4.78 is 7.11. The third-order valence-corrected chi connectivity index (χ3v) is 3.22. The fraction of sp³-hybridized carbons (Fsp3) is 0.429. The lowest BCUT2D eigenvalue weighted by Gasteiger charge is -2.12. The smallest absolute Gasteiger partial charge is 0.274 e. The minimum atomic E-state index is -0.277. The van der Waals surface area contributed by atoms with Crippen molar-refractivity contribution in [3.8, 4) is 0 Å². The van der Waals surface area contributed by atoms with Gasteiger partial charge in [0, 0.05) is 18.3 Å². The molecule has 108 valence electrons. The summed E-state index contributed by atoms with van der Waals surface area (Å²) >= 11 is 0. The Hall–Kier alpha value is -2.24. The molecule has 0 aromatic carbocycles. The number of rotatable bonds is 4. The van der Waals surface area contributed by atoms with Crippen molar-refractivity contribution in [1.29, 1.82) is 0 Å². The zero-order valence-corrected chi connectivity index (χ0v) is 12.2. The quantitative estimate of drug-likeness (QED) is 0.896. The van der Waals surface area contributed by atoms with Crippen molar-refractivity contribution in [3.63, 3.8) is 0 Å². The zero-order valence-electron chi connectivity index (χ0n) is 12.2. The predicted octanol–water partition coefficient (Wildman–Crippen LogP) is 2.19. The summed E-state index contributed by atoms with van der Waals surface area (Å²) in [7, 11) is 0. The van der Waals surface area contributed by atoms with Gasteiger partial charge in [-0.1, -0.05) is 0 Å². The molecule has 0 spiro atoms. The number of nitrogens with one attached hydrogen (secondary N) is 1. The number of hydrogen-bond donors (Lipinski definition) is 2. The Bertz CT molecular complexity index is 627. The van der Waals surface area contributed by atoms with Gasteiger partial charge in [-0.2, -0.15) is 5.10 Å². The first-order valence-electron chi connectivity index (χ1n) is 6.63. The molecule has 2 aromatic rings. The van der Waals surface area contributed by atoms with Gasteiger partial charge in [0.1, 0.15) is 11.5 Å². The molecule has 6 nitrogen and oxygen atoms in total. The highest BCUT2D eigenvalue weighted by Gasteiger charge is 2.19. The Kier molecular flexibility index (Phi) is 3.83. The van der Waals surface area contributed by atoms with E-state index < -0.39 is 0 Å². The Morgan fingerprint density at radius 1 is 1.55 bits per heavy atom. The summed E-state index contributed by atoms with van der Waals surface area (Å²) in [6, 6.07) is 1.76. The second-order valence-electron chi connectivity index (χ2n) is 4.85. The maximum Gasteiger partial charge on any atom is 0.274 e. The largest absolute Gasteiger partial charge is 0.466 e. The van der Waals surface area contributed by atoms with Crippen LogP contribution in [-0.4, -0.2) is 15.7 Å². The van der Waals surface area contributed by atoms with Gasteiger partial charge >= 0.3 is 0 Å². The molecular formula is C14H20N4O2. The van der Waals surface area contributed by atoms with Crippen LogP contribution in [0.5, 0.6) is 0 Å². The number of anilines is 1. The first-order valence-corrected chi connectivity index (χ1v) is 6.63. The van der Waals surface area contributed by atoms with Crippen LogP contribution in [0.1, 0.15) is 47.5 Å². The number of nitrogens with two attached hydrogens (primary N) is 1. The standard InChI is InChI=1S/C14H20N4O2/c1-5-18-7-12(15)13(17-18)14(19)16-9(3)11-6-8(2)20-10(11)4/h6-7,9H,5,15H2,1-4H3,(H,16,19). The van der Waals surface area contributed by atoms with Gasteiger partial charge in [0.25, 0.3) is 5.91 Å². The summed E-state index contributed by atoms with van der Waals surface area (Å²) in [4.78, 5) is 12.2. The van der Waals surface area contributed by atoms with Crippen molar-refractivity contribution >= 4 is 11.6 Å². The van der Waals surface area contributed by atoms with Crippen LogP contribution in [0.3, 0.4) is 0 Å². The highest BCUT2D eigenvalue weighted by Crippen LogP contribution is 2.21. The summed E-state index contributed by atoms with van der Waals surface area (Å²) in [6.07, 6.45) is 1.66. The number of aromatic nitrogens is 2.